The van der Waals surface area contributed by atoms with E-state index in [1.807, 2.05) is 0 Å². The molecule has 1 heterocycles. The van der Waals surface area contributed by atoms with Crippen LogP contribution in [0.1, 0.15) is 20.3 Å². The molecule has 78 valence electrons. The van der Waals surface area contributed by atoms with Gasteiger partial charge in [0.05, 0.1) is 6.20 Å². The molecule has 0 fully saturated rings. The predicted octanol–water partition coefficient (Wildman–Crippen LogP) is 2.34. The number of anilines is 1. The van der Waals surface area contributed by atoms with Crippen molar-refractivity contribution in [3.63, 3.8) is 0 Å². The number of nitrogens with two attached hydrogens (primary N) is 1. The first-order chi connectivity index (χ1) is 6.63. The van der Waals surface area contributed by atoms with Crippen LogP contribution in [0.3, 0.4) is 0 Å². The molecule has 1 aromatic rings. The molecular weight excluding hydrogens is 201 g/mol. The SMILES string of the molecule is CCC(C)CSc1nc(N)ncc1F. The highest BCUT2D eigenvalue weighted by molar-refractivity contribution is 7.99. The quantitative estimate of drug-likeness (QED) is 0.618. The van der Waals surface area contributed by atoms with Crippen molar-refractivity contribution in [1.82, 2.24) is 9.97 Å². The Labute approximate surface area is 87.3 Å². The minimum Gasteiger partial charge on any atom is -0.368 e. The van der Waals surface area contributed by atoms with Crippen molar-refractivity contribution >= 4 is 17.7 Å². The fourth-order valence-electron chi connectivity index (χ4n) is 0.805. The van der Waals surface area contributed by atoms with Crippen LogP contribution in [0.4, 0.5) is 10.3 Å². The van der Waals surface area contributed by atoms with Crippen LogP contribution in [-0.2, 0) is 0 Å². The molecule has 1 unspecified atom stereocenters. The van der Waals surface area contributed by atoms with Crippen LogP contribution in [0.15, 0.2) is 11.2 Å². The molecule has 5 heteroatoms. The van der Waals surface area contributed by atoms with E-state index in [4.69, 9.17) is 5.73 Å². The van der Waals surface area contributed by atoms with E-state index < -0.39 is 5.82 Å². The Morgan fingerprint density at radius 2 is 2.36 bits per heavy atom. The van der Waals surface area contributed by atoms with Crippen LogP contribution in [-0.4, -0.2) is 15.7 Å². The molecule has 0 saturated heterocycles. The lowest BCUT2D eigenvalue weighted by molar-refractivity contribution is 0.578. The Balaban J connectivity index is 2.62. The molecule has 0 amide bonds. The number of halogens is 1. The van der Waals surface area contributed by atoms with Gasteiger partial charge in [0.15, 0.2) is 5.82 Å². The highest BCUT2D eigenvalue weighted by Crippen LogP contribution is 2.22. The van der Waals surface area contributed by atoms with Gasteiger partial charge >= 0.3 is 0 Å². The van der Waals surface area contributed by atoms with Gasteiger partial charge in [0.25, 0.3) is 0 Å². The predicted molar refractivity (Wildman–Crippen MR) is 56.6 cm³/mol. The minimum absolute atomic E-state index is 0.123. The number of hydrogen-bond donors (Lipinski definition) is 1. The molecule has 0 aromatic carbocycles. The molecule has 1 rings (SSSR count). The largest absolute Gasteiger partial charge is 0.368 e. The lowest BCUT2D eigenvalue weighted by Crippen LogP contribution is -2.01. The molecule has 0 aliphatic rings. The van der Waals surface area contributed by atoms with Gasteiger partial charge in [-0.3, -0.25) is 0 Å². The van der Waals surface area contributed by atoms with E-state index in [0.29, 0.717) is 10.9 Å². The summed E-state index contributed by atoms with van der Waals surface area (Å²) in [5.41, 5.74) is 5.36. The van der Waals surface area contributed by atoms with E-state index >= 15 is 0 Å². The molecular formula is C9H14FN3S. The Bertz CT molecular complexity index is 306. The summed E-state index contributed by atoms with van der Waals surface area (Å²) < 4.78 is 13.1. The van der Waals surface area contributed by atoms with Gasteiger partial charge in [-0.2, -0.15) is 0 Å². The van der Waals surface area contributed by atoms with E-state index in [1.54, 1.807) is 0 Å². The maximum Gasteiger partial charge on any atom is 0.221 e. The number of aromatic nitrogens is 2. The van der Waals surface area contributed by atoms with Crippen LogP contribution >= 0.6 is 11.8 Å². The lowest BCUT2D eigenvalue weighted by Gasteiger charge is -2.07. The zero-order chi connectivity index (χ0) is 10.6. The maximum absolute atomic E-state index is 13.1. The standard InChI is InChI=1S/C9H14FN3S/c1-3-6(2)5-14-8-7(10)4-12-9(11)13-8/h4,6H,3,5H2,1-2H3,(H2,11,12,13). The average molecular weight is 215 g/mol. The Hall–Kier alpha value is -0.840. The Morgan fingerprint density at radius 3 is 3.00 bits per heavy atom. The second-order valence-electron chi connectivity index (χ2n) is 3.21. The number of nitrogens with zero attached hydrogens (tertiary/aromatic N) is 2. The number of rotatable bonds is 4. The van der Waals surface area contributed by atoms with Crippen molar-refractivity contribution in [2.45, 2.75) is 25.3 Å². The number of thioether (sulfide) groups is 1. The van der Waals surface area contributed by atoms with Gasteiger partial charge in [-0.25, -0.2) is 14.4 Å². The first-order valence-corrected chi connectivity index (χ1v) is 5.52. The first-order valence-electron chi connectivity index (χ1n) is 4.54. The van der Waals surface area contributed by atoms with Gasteiger partial charge in [0, 0.05) is 5.75 Å². The van der Waals surface area contributed by atoms with Crippen molar-refractivity contribution in [3.05, 3.63) is 12.0 Å². The molecule has 14 heavy (non-hydrogen) atoms. The summed E-state index contributed by atoms with van der Waals surface area (Å²) in [5, 5.41) is 0.345. The highest BCUT2D eigenvalue weighted by atomic mass is 32.2. The monoisotopic (exact) mass is 215 g/mol. The summed E-state index contributed by atoms with van der Waals surface area (Å²) in [6.45, 7) is 4.23. The average Bonchev–Trinajstić information content (AvgIpc) is 2.19. The van der Waals surface area contributed by atoms with Crippen molar-refractivity contribution in [1.29, 1.82) is 0 Å². The summed E-state index contributed by atoms with van der Waals surface area (Å²) in [5.74, 6) is 1.13. The summed E-state index contributed by atoms with van der Waals surface area (Å²) >= 11 is 1.39. The summed E-state index contributed by atoms with van der Waals surface area (Å²) in [6, 6.07) is 0. The molecule has 0 spiro atoms. The van der Waals surface area contributed by atoms with Gasteiger partial charge in [-0.1, -0.05) is 20.3 Å². The Morgan fingerprint density at radius 1 is 1.64 bits per heavy atom. The first kappa shape index (κ1) is 11.2. The van der Waals surface area contributed by atoms with Crippen molar-refractivity contribution in [2.24, 2.45) is 5.92 Å². The van der Waals surface area contributed by atoms with Crippen molar-refractivity contribution in [3.8, 4) is 0 Å². The van der Waals surface area contributed by atoms with Gasteiger partial charge in [-0.05, 0) is 5.92 Å². The highest BCUT2D eigenvalue weighted by Gasteiger charge is 2.07. The maximum atomic E-state index is 13.1. The zero-order valence-electron chi connectivity index (χ0n) is 8.33. The number of nitrogen functional groups attached to an aromatic ring is 1. The zero-order valence-corrected chi connectivity index (χ0v) is 9.14. The van der Waals surface area contributed by atoms with E-state index in [9.17, 15) is 4.39 Å². The fourth-order valence-corrected chi connectivity index (χ4v) is 1.83. The third-order valence-corrected chi connectivity index (χ3v) is 3.23. The molecule has 0 radical (unpaired) electrons. The topological polar surface area (TPSA) is 51.8 Å². The van der Waals surface area contributed by atoms with E-state index in [2.05, 4.69) is 23.8 Å². The van der Waals surface area contributed by atoms with Gasteiger partial charge in [0.1, 0.15) is 5.03 Å². The van der Waals surface area contributed by atoms with Gasteiger partial charge in [-0.15, -0.1) is 11.8 Å². The molecule has 3 nitrogen and oxygen atoms in total. The van der Waals surface area contributed by atoms with E-state index in [0.717, 1.165) is 18.4 Å². The van der Waals surface area contributed by atoms with Crippen LogP contribution < -0.4 is 5.73 Å². The minimum atomic E-state index is -0.396. The van der Waals surface area contributed by atoms with Crippen LogP contribution in [0.2, 0.25) is 0 Å². The molecule has 1 aromatic heterocycles. The summed E-state index contributed by atoms with van der Waals surface area (Å²) in [6.07, 6.45) is 2.19. The van der Waals surface area contributed by atoms with Crippen molar-refractivity contribution in [2.75, 3.05) is 11.5 Å². The second-order valence-corrected chi connectivity index (χ2v) is 4.21. The van der Waals surface area contributed by atoms with Crippen LogP contribution in [0.5, 0.6) is 0 Å². The number of hydrogen-bond acceptors (Lipinski definition) is 4. The molecule has 0 aliphatic carbocycles. The molecule has 0 aliphatic heterocycles. The third kappa shape index (κ3) is 3.14. The summed E-state index contributed by atoms with van der Waals surface area (Å²) in [7, 11) is 0. The molecule has 0 saturated carbocycles. The van der Waals surface area contributed by atoms with Gasteiger partial charge < -0.3 is 5.73 Å². The lowest BCUT2D eigenvalue weighted by atomic mass is 10.2. The smallest absolute Gasteiger partial charge is 0.221 e. The van der Waals surface area contributed by atoms with Crippen LogP contribution in [0.25, 0.3) is 0 Å². The summed E-state index contributed by atoms with van der Waals surface area (Å²) in [4.78, 5) is 7.40. The normalized spacial score (nSPS) is 12.8. The van der Waals surface area contributed by atoms with Gasteiger partial charge in [0.2, 0.25) is 5.95 Å². The molecule has 2 N–H and O–H groups in total. The second kappa shape index (κ2) is 5.14. The molecule has 1 atom stereocenters. The Kier molecular flexibility index (Phi) is 4.13. The van der Waals surface area contributed by atoms with Crippen molar-refractivity contribution < 1.29 is 4.39 Å². The fraction of sp³-hybridized carbons (Fsp3) is 0.556. The van der Waals surface area contributed by atoms with Crippen LogP contribution in [0, 0.1) is 11.7 Å². The third-order valence-electron chi connectivity index (χ3n) is 1.93. The van der Waals surface area contributed by atoms with E-state index in [-0.39, 0.29) is 5.95 Å². The van der Waals surface area contributed by atoms with E-state index in [1.165, 1.54) is 11.8 Å². The molecule has 0 bridgehead atoms.